The Balaban J connectivity index is 2.02. The second kappa shape index (κ2) is 5.95. The van der Waals surface area contributed by atoms with Crippen LogP contribution in [0.5, 0.6) is 0 Å². The Labute approximate surface area is 120 Å². The van der Waals surface area contributed by atoms with Crippen LogP contribution in [0.4, 0.5) is 0 Å². The van der Waals surface area contributed by atoms with Crippen molar-refractivity contribution in [1.82, 2.24) is 14.7 Å². The van der Waals surface area contributed by atoms with Gasteiger partial charge in [-0.3, -0.25) is 9.48 Å². The number of carbonyl (C=O) groups excluding carboxylic acids is 1. The van der Waals surface area contributed by atoms with Crippen molar-refractivity contribution in [2.24, 2.45) is 11.8 Å². The van der Waals surface area contributed by atoms with Gasteiger partial charge in [0.05, 0.1) is 17.9 Å². The maximum absolute atomic E-state index is 12.4. The minimum atomic E-state index is -0.394. The van der Waals surface area contributed by atoms with Gasteiger partial charge in [-0.1, -0.05) is 13.8 Å². The van der Waals surface area contributed by atoms with E-state index in [4.69, 9.17) is 0 Å². The van der Waals surface area contributed by atoms with Crippen molar-refractivity contribution in [3.05, 3.63) is 17.5 Å². The Hall–Kier alpha value is -1.36. The number of hydrogen-bond acceptors (Lipinski definition) is 3. The van der Waals surface area contributed by atoms with Crippen molar-refractivity contribution < 1.29 is 9.90 Å². The lowest BCUT2D eigenvalue weighted by molar-refractivity contribution is 0.0644. The monoisotopic (exact) mass is 279 g/mol. The average Bonchev–Trinajstić information content (AvgIpc) is 3.15. The van der Waals surface area contributed by atoms with Crippen molar-refractivity contribution in [3.8, 4) is 0 Å². The maximum Gasteiger partial charge on any atom is 0.257 e. The Morgan fingerprint density at radius 1 is 1.55 bits per heavy atom. The fourth-order valence-corrected chi connectivity index (χ4v) is 2.39. The number of rotatable bonds is 6. The molecular formula is C15H25N3O2. The molecule has 0 spiro atoms. The summed E-state index contributed by atoms with van der Waals surface area (Å²) in [4.78, 5) is 14.0. The van der Waals surface area contributed by atoms with E-state index in [1.807, 2.05) is 11.6 Å². The number of nitrogens with zero attached hydrogens (tertiary/aromatic N) is 3. The SMILES string of the molecule is Cc1c(C(=O)N(C)CC(O)C2CC2)cnn1CC(C)C. The Bertz CT molecular complexity index is 477. The quantitative estimate of drug-likeness (QED) is 0.862. The van der Waals surface area contributed by atoms with Gasteiger partial charge in [0.1, 0.15) is 0 Å². The molecule has 1 heterocycles. The minimum Gasteiger partial charge on any atom is -0.391 e. The number of carbonyl (C=O) groups is 1. The van der Waals surface area contributed by atoms with Crippen molar-refractivity contribution in [3.63, 3.8) is 0 Å². The first-order valence-electron chi connectivity index (χ1n) is 7.36. The molecule has 0 saturated heterocycles. The molecule has 1 saturated carbocycles. The summed E-state index contributed by atoms with van der Waals surface area (Å²) in [6, 6.07) is 0. The van der Waals surface area contributed by atoms with Crippen LogP contribution in [0.25, 0.3) is 0 Å². The van der Waals surface area contributed by atoms with Gasteiger partial charge >= 0.3 is 0 Å². The highest BCUT2D eigenvalue weighted by Crippen LogP contribution is 2.32. The van der Waals surface area contributed by atoms with Gasteiger partial charge in [-0.05, 0) is 31.6 Å². The van der Waals surface area contributed by atoms with E-state index in [-0.39, 0.29) is 5.91 Å². The van der Waals surface area contributed by atoms with Crippen LogP contribution in [-0.2, 0) is 6.54 Å². The second-order valence-corrected chi connectivity index (χ2v) is 6.31. The predicted octanol–water partition coefficient (Wildman–Crippen LogP) is 1.69. The van der Waals surface area contributed by atoms with E-state index in [0.29, 0.717) is 23.9 Å². The van der Waals surface area contributed by atoms with E-state index >= 15 is 0 Å². The molecule has 1 amide bonds. The molecule has 1 atom stereocenters. The molecule has 0 aromatic carbocycles. The van der Waals surface area contributed by atoms with Gasteiger partial charge in [0.2, 0.25) is 0 Å². The highest BCUT2D eigenvalue weighted by atomic mass is 16.3. The topological polar surface area (TPSA) is 58.4 Å². The summed E-state index contributed by atoms with van der Waals surface area (Å²) in [7, 11) is 1.74. The van der Waals surface area contributed by atoms with Gasteiger partial charge in [-0.2, -0.15) is 5.10 Å². The number of hydrogen-bond donors (Lipinski definition) is 1. The Morgan fingerprint density at radius 3 is 2.75 bits per heavy atom. The molecule has 112 valence electrons. The van der Waals surface area contributed by atoms with Gasteiger partial charge in [-0.15, -0.1) is 0 Å². The first-order chi connectivity index (χ1) is 9.40. The van der Waals surface area contributed by atoms with Crippen LogP contribution in [0.1, 0.15) is 42.7 Å². The lowest BCUT2D eigenvalue weighted by Gasteiger charge is -2.20. The number of aliphatic hydroxyl groups is 1. The molecule has 1 aliphatic carbocycles. The smallest absolute Gasteiger partial charge is 0.257 e. The summed E-state index contributed by atoms with van der Waals surface area (Å²) in [5, 5.41) is 14.2. The highest BCUT2D eigenvalue weighted by Gasteiger charge is 2.31. The van der Waals surface area contributed by atoms with Crippen LogP contribution >= 0.6 is 0 Å². The van der Waals surface area contributed by atoms with Crippen molar-refractivity contribution in [1.29, 1.82) is 0 Å². The molecule has 5 heteroatoms. The summed E-state index contributed by atoms with van der Waals surface area (Å²) in [5.41, 5.74) is 1.53. The van der Waals surface area contributed by atoms with Crippen molar-refractivity contribution in [2.75, 3.05) is 13.6 Å². The van der Waals surface area contributed by atoms with Crippen LogP contribution in [0.3, 0.4) is 0 Å². The van der Waals surface area contributed by atoms with E-state index < -0.39 is 6.10 Å². The number of aliphatic hydroxyl groups excluding tert-OH is 1. The van der Waals surface area contributed by atoms with Gasteiger partial charge < -0.3 is 10.0 Å². The van der Waals surface area contributed by atoms with Crippen LogP contribution in [-0.4, -0.2) is 45.4 Å². The highest BCUT2D eigenvalue weighted by molar-refractivity contribution is 5.94. The normalized spacial score (nSPS) is 16.5. The first kappa shape index (κ1) is 15.0. The standard InChI is InChI=1S/C15H25N3O2/c1-10(2)8-18-11(3)13(7-16-18)15(20)17(4)9-14(19)12-5-6-12/h7,10,12,14,19H,5-6,8-9H2,1-4H3. The van der Waals surface area contributed by atoms with E-state index in [9.17, 15) is 9.90 Å². The van der Waals surface area contributed by atoms with Gasteiger partial charge in [-0.25, -0.2) is 0 Å². The Morgan fingerprint density at radius 2 is 2.20 bits per heavy atom. The molecule has 1 unspecified atom stereocenters. The molecule has 0 bridgehead atoms. The van der Waals surface area contributed by atoms with Gasteiger partial charge in [0.25, 0.3) is 5.91 Å². The third-order valence-corrected chi connectivity index (χ3v) is 3.85. The number of amides is 1. The Kier molecular flexibility index (Phi) is 4.48. The molecule has 20 heavy (non-hydrogen) atoms. The molecule has 1 fully saturated rings. The zero-order valence-electron chi connectivity index (χ0n) is 12.8. The van der Waals surface area contributed by atoms with E-state index in [0.717, 1.165) is 25.1 Å². The molecule has 1 aromatic heterocycles. The molecule has 0 radical (unpaired) electrons. The summed E-state index contributed by atoms with van der Waals surface area (Å²) >= 11 is 0. The average molecular weight is 279 g/mol. The molecular weight excluding hydrogens is 254 g/mol. The lowest BCUT2D eigenvalue weighted by Crippen LogP contribution is -2.35. The van der Waals surface area contributed by atoms with Crippen LogP contribution in [0.15, 0.2) is 6.20 Å². The summed E-state index contributed by atoms with van der Waals surface area (Å²) in [6.45, 7) is 7.39. The fraction of sp³-hybridized carbons (Fsp3) is 0.733. The second-order valence-electron chi connectivity index (χ2n) is 6.31. The molecule has 1 aliphatic rings. The van der Waals surface area contributed by atoms with Crippen LogP contribution in [0.2, 0.25) is 0 Å². The largest absolute Gasteiger partial charge is 0.391 e. The minimum absolute atomic E-state index is 0.0581. The molecule has 0 aliphatic heterocycles. The summed E-state index contributed by atoms with van der Waals surface area (Å²) < 4.78 is 1.88. The van der Waals surface area contributed by atoms with E-state index in [2.05, 4.69) is 18.9 Å². The summed E-state index contributed by atoms with van der Waals surface area (Å²) in [6.07, 6.45) is 3.40. The van der Waals surface area contributed by atoms with Crippen molar-refractivity contribution in [2.45, 2.75) is 46.3 Å². The zero-order chi connectivity index (χ0) is 14.9. The number of likely N-dealkylation sites (N-methyl/N-ethyl adjacent to an activating group) is 1. The van der Waals surface area contributed by atoms with Gasteiger partial charge in [0, 0.05) is 25.8 Å². The van der Waals surface area contributed by atoms with E-state index in [1.165, 1.54) is 0 Å². The lowest BCUT2D eigenvalue weighted by atomic mass is 10.2. The third kappa shape index (κ3) is 3.39. The molecule has 1 aromatic rings. The van der Waals surface area contributed by atoms with E-state index in [1.54, 1.807) is 18.1 Å². The number of aromatic nitrogens is 2. The fourth-order valence-electron chi connectivity index (χ4n) is 2.39. The van der Waals surface area contributed by atoms with Crippen LogP contribution in [0, 0.1) is 18.8 Å². The third-order valence-electron chi connectivity index (χ3n) is 3.85. The van der Waals surface area contributed by atoms with Gasteiger partial charge in [0.15, 0.2) is 0 Å². The first-order valence-corrected chi connectivity index (χ1v) is 7.36. The molecule has 5 nitrogen and oxygen atoms in total. The molecule has 2 rings (SSSR count). The molecule has 1 N–H and O–H groups in total. The summed E-state index contributed by atoms with van der Waals surface area (Å²) in [5.74, 6) is 0.818. The maximum atomic E-state index is 12.4. The zero-order valence-corrected chi connectivity index (χ0v) is 12.8. The van der Waals surface area contributed by atoms with Crippen LogP contribution < -0.4 is 0 Å². The van der Waals surface area contributed by atoms with Crippen molar-refractivity contribution >= 4 is 5.91 Å². The predicted molar refractivity (Wildman–Crippen MR) is 77.5 cm³/mol.